The molecule has 30 heavy (non-hydrogen) atoms. The van der Waals surface area contributed by atoms with Gasteiger partial charge in [0.05, 0.1) is 39.2 Å². The minimum atomic E-state index is -4.53. The zero-order chi connectivity index (χ0) is 23.6. The average molecular weight is 465 g/mol. The topological polar surface area (TPSA) is 124 Å². The molecule has 9 nitrogen and oxygen atoms in total. The second-order valence-electron chi connectivity index (χ2n) is 9.73. The highest BCUT2D eigenvalue weighted by atomic mass is 31.2. The van der Waals surface area contributed by atoms with Gasteiger partial charge < -0.3 is 29.0 Å². The van der Waals surface area contributed by atoms with E-state index in [0.29, 0.717) is 6.42 Å². The van der Waals surface area contributed by atoms with E-state index in [1.807, 2.05) is 7.74 Å². The van der Waals surface area contributed by atoms with Gasteiger partial charge in [0, 0.05) is 6.00 Å². The largest absolute Gasteiger partial charge is 0.472 e. The SMILES string of the molecule is [2H]OC[C@H]1O[C@@H](B)[C@@H](O[Si](C)(C)C(C)(C)C)C1OP(=O)(O)OC[C@H]1O[C@@H](BB)CC1O. The van der Waals surface area contributed by atoms with Crippen LogP contribution in [0.2, 0.25) is 18.1 Å². The minimum absolute atomic E-state index is 0.0908. The third kappa shape index (κ3) is 6.43. The van der Waals surface area contributed by atoms with Crippen LogP contribution in [0.1, 0.15) is 27.2 Å². The lowest BCUT2D eigenvalue weighted by molar-refractivity contribution is -0.0303. The number of phosphoric ester groups is 1. The fourth-order valence-electron chi connectivity index (χ4n) is 3.43. The summed E-state index contributed by atoms with van der Waals surface area (Å²) in [5, 5.41) is 14.5. The van der Waals surface area contributed by atoms with E-state index in [0.717, 1.165) is 7.17 Å². The van der Waals surface area contributed by atoms with Gasteiger partial charge in [-0.25, -0.2) is 4.57 Å². The van der Waals surface area contributed by atoms with Crippen LogP contribution in [0.5, 0.6) is 0 Å². The van der Waals surface area contributed by atoms with Crippen LogP contribution >= 0.6 is 7.82 Å². The smallest absolute Gasteiger partial charge is 0.409 e. The van der Waals surface area contributed by atoms with Gasteiger partial charge in [0.25, 0.3) is 0 Å². The standard InChI is InChI=1S/C16H36B3O9PSi/c1-16(2,3)30(4,5)28-14-13(10(7-20)26-15(14)17)27-29(22,23)24-8-11-9(21)6-12(19-18)25-11/h9-15,19-21H,6-8,17-18H2,1-5H3,(H,22,23)/t9?,10-,11-,12-,13?,14+,15-/m1/s1/i20D. The van der Waals surface area contributed by atoms with Crippen molar-refractivity contribution in [2.75, 3.05) is 13.2 Å². The molecule has 0 spiro atoms. The average Bonchev–Trinajstić information content (AvgIpc) is 3.13. The molecule has 172 valence electrons. The van der Waals surface area contributed by atoms with Crippen molar-refractivity contribution in [3.05, 3.63) is 0 Å². The van der Waals surface area contributed by atoms with E-state index >= 15 is 0 Å². The number of ether oxygens (including phenoxy) is 2. The number of phosphoric acid groups is 1. The molecule has 2 heterocycles. The Bertz CT molecular complexity index is 644. The van der Waals surface area contributed by atoms with Crippen LogP contribution in [0.15, 0.2) is 0 Å². The molecule has 2 aliphatic heterocycles. The lowest BCUT2D eigenvalue weighted by Crippen LogP contribution is -2.50. The van der Waals surface area contributed by atoms with E-state index in [1.54, 1.807) is 7.85 Å². The van der Waals surface area contributed by atoms with E-state index in [2.05, 4.69) is 39.0 Å². The summed E-state index contributed by atoms with van der Waals surface area (Å²) in [6, 6.07) is -0.530. The highest BCUT2D eigenvalue weighted by molar-refractivity contribution is 7.47. The molecular formula is C16H36B3O9PSi. The first-order valence-corrected chi connectivity index (χ1v) is 15.0. The summed E-state index contributed by atoms with van der Waals surface area (Å²) in [7, 11) is -2.31. The van der Waals surface area contributed by atoms with Gasteiger partial charge >= 0.3 is 7.82 Å². The normalized spacial score (nSPS) is 37.7. The van der Waals surface area contributed by atoms with Crippen molar-refractivity contribution in [2.45, 2.75) is 87.9 Å². The van der Waals surface area contributed by atoms with Crippen LogP contribution in [0.3, 0.4) is 0 Å². The lowest BCUT2D eigenvalue weighted by Gasteiger charge is -2.40. The predicted molar refractivity (Wildman–Crippen MR) is 122 cm³/mol. The number of hydrogen-bond donors (Lipinski definition) is 3. The maximum absolute atomic E-state index is 12.7. The van der Waals surface area contributed by atoms with Crippen LogP contribution in [-0.4, -0.2) is 103 Å². The van der Waals surface area contributed by atoms with Crippen LogP contribution in [-0.2, 0) is 27.5 Å². The van der Waals surface area contributed by atoms with Gasteiger partial charge in [-0.1, -0.05) is 20.8 Å². The van der Waals surface area contributed by atoms with Crippen molar-refractivity contribution in [3.8, 4) is 0 Å². The highest BCUT2D eigenvalue weighted by Crippen LogP contribution is 2.49. The molecule has 0 aliphatic carbocycles. The van der Waals surface area contributed by atoms with Crippen molar-refractivity contribution in [1.29, 1.82) is 1.43 Å². The summed E-state index contributed by atoms with van der Waals surface area (Å²) in [6.45, 7) is 10.0. The monoisotopic (exact) mass is 465 g/mol. The molecule has 2 saturated heterocycles. The minimum Gasteiger partial charge on any atom is -0.409 e. The van der Waals surface area contributed by atoms with Gasteiger partial charge in [-0.2, -0.15) is 0 Å². The first-order valence-electron chi connectivity index (χ1n) is 11.0. The van der Waals surface area contributed by atoms with Crippen molar-refractivity contribution < 1.29 is 42.6 Å². The maximum atomic E-state index is 12.7. The molecule has 0 bridgehead atoms. The zero-order valence-corrected chi connectivity index (χ0v) is 21.0. The number of aliphatic hydroxyl groups excluding tert-OH is 2. The summed E-state index contributed by atoms with van der Waals surface area (Å²) in [5.74, 6) is 0. The molecule has 0 radical (unpaired) electrons. The van der Waals surface area contributed by atoms with E-state index in [4.69, 9.17) is 24.4 Å². The van der Waals surface area contributed by atoms with E-state index in [-0.39, 0.29) is 24.3 Å². The summed E-state index contributed by atoms with van der Waals surface area (Å²) < 4.78 is 48.4. The molecule has 0 saturated carbocycles. The molecule has 0 amide bonds. The number of aliphatic hydroxyl groups is 2. The van der Waals surface area contributed by atoms with Crippen molar-refractivity contribution in [3.63, 3.8) is 0 Å². The van der Waals surface area contributed by atoms with E-state index in [9.17, 15) is 14.6 Å². The van der Waals surface area contributed by atoms with E-state index in [1.165, 1.54) is 0 Å². The zero-order valence-electron chi connectivity index (χ0n) is 20.1. The first kappa shape index (κ1) is 25.0. The highest BCUT2D eigenvalue weighted by Gasteiger charge is 2.51. The first-order chi connectivity index (χ1) is 14.2. The van der Waals surface area contributed by atoms with Crippen LogP contribution in [0.4, 0.5) is 0 Å². The molecule has 2 fully saturated rings. The van der Waals surface area contributed by atoms with Crippen molar-refractivity contribution in [1.82, 2.24) is 0 Å². The Kier molecular flexibility index (Phi) is 8.38. The van der Waals surface area contributed by atoms with Crippen molar-refractivity contribution >= 4 is 38.9 Å². The maximum Gasteiger partial charge on any atom is 0.472 e. The second-order valence-corrected chi connectivity index (χ2v) is 15.9. The molecule has 3 unspecified atom stereocenters. The number of rotatable bonds is 10. The molecule has 2 aliphatic rings. The molecule has 3 N–H and O–H groups in total. The Balaban J connectivity index is 2.10. The Morgan fingerprint density at radius 1 is 1.30 bits per heavy atom. The predicted octanol–water partition coefficient (Wildman–Crippen LogP) is -1.31. The summed E-state index contributed by atoms with van der Waals surface area (Å²) in [4.78, 5) is 10.4. The third-order valence-electron chi connectivity index (χ3n) is 6.36. The van der Waals surface area contributed by atoms with Crippen LogP contribution in [0.25, 0.3) is 0 Å². The van der Waals surface area contributed by atoms with Gasteiger partial charge in [0.1, 0.15) is 33.3 Å². The lowest BCUT2D eigenvalue weighted by atomic mass is 9.51. The van der Waals surface area contributed by atoms with E-state index < -0.39 is 52.7 Å². The van der Waals surface area contributed by atoms with Crippen LogP contribution < -0.4 is 0 Å². The summed E-state index contributed by atoms with van der Waals surface area (Å²) in [5.41, 5.74) is 0. The Hall–Kier alpha value is 0.322. The molecule has 0 aromatic carbocycles. The van der Waals surface area contributed by atoms with Gasteiger partial charge in [0.15, 0.2) is 8.32 Å². The summed E-state index contributed by atoms with van der Waals surface area (Å²) >= 11 is 0. The van der Waals surface area contributed by atoms with Gasteiger partial charge in [-0.05, 0) is 24.6 Å². The Labute approximate surface area is 184 Å². The second kappa shape index (κ2) is 10.1. The molecular weight excluding hydrogens is 428 g/mol. The van der Waals surface area contributed by atoms with Gasteiger partial charge in [-0.3, -0.25) is 9.05 Å². The molecule has 14 heteroatoms. The molecule has 0 aromatic rings. The molecule has 0 aromatic heterocycles. The quantitative estimate of drug-likeness (QED) is 0.267. The third-order valence-corrected chi connectivity index (χ3v) is 11.8. The Morgan fingerprint density at radius 3 is 2.50 bits per heavy atom. The fourth-order valence-corrected chi connectivity index (χ4v) is 5.75. The fraction of sp³-hybridized carbons (Fsp3) is 1.00. The van der Waals surface area contributed by atoms with Gasteiger partial charge in [-0.15, -0.1) is 0 Å². The van der Waals surface area contributed by atoms with Crippen molar-refractivity contribution in [2.24, 2.45) is 0 Å². The Morgan fingerprint density at radius 2 is 1.97 bits per heavy atom. The van der Waals surface area contributed by atoms with Crippen LogP contribution in [0, 0.1) is 0 Å². The number of hydrogen-bond acceptors (Lipinski definition) is 8. The van der Waals surface area contributed by atoms with Gasteiger partial charge in [0.2, 0.25) is 1.43 Å². The molecule has 2 rings (SSSR count). The summed E-state index contributed by atoms with van der Waals surface area (Å²) in [6.07, 6.45) is -3.34. The molecule has 8 atom stereocenters.